The van der Waals surface area contributed by atoms with E-state index in [0.29, 0.717) is 11.5 Å². The van der Waals surface area contributed by atoms with Crippen molar-refractivity contribution in [3.8, 4) is 0 Å². The van der Waals surface area contributed by atoms with Gasteiger partial charge in [-0.05, 0) is 19.8 Å². The standard InChI is InChI=1S/C9H12FN3/c1-7-8(10)9(12-6-11-7)13-4-2-3-5-13/h6H,2-5H2,1H3. The third-order valence-corrected chi connectivity index (χ3v) is 2.35. The molecule has 0 bridgehead atoms. The summed E-state index contributed by atoms with van der Waals surface area (Å²) in [5, 5.41) is 0. The molecule has 0 amide bonds. The zero-order valence-corrected chi connectivity index (χ0v) is 7.63. The normalized spacial score (nSPS) is 16.6. The summed E-state index contributed by atoms with van der Waals surface area (Å²) in [6.07, 6.45) is 3.68. The minimum Gasteiger partial charge on any atom is -0.354 e. The van der Waals surface area contributed by atoms with Crippen molar-refractivity contribution in [3.63, 3.8) is 0 Å². The van der Waals surface area contributed by atoms with Gasteiger partial charge in [0.1, 0.15) is 6.33 Å². The van der Waals surface area contributed by atoms with E-state index in [9.17, 15) is 4.39 Å². The molecule has 0 atom stereocenters. The molecule has 1 fully saturated rings. The fourth-order valence-corrected chi connectivity index (χ4v) is 1.59. The molecule has 4 heteroatoms. The van der Waals surface area contributed by atoms with Crippen LogP contribution in [0.15, 0.2) is 6.33 Å². The lowest BCUT2D eigenvalue weighted by Gasteiger charge is -2.16. The van der Waals surface area contributed by atoms with Gasteiger partial charge in [0, 0.05) is 13.1 Å². The molecule has 1 aliphatic rings. The van der Waals surface area contributed by atoms with E-state index in [0.717, 1.165) is 25.9 Å². The Morgan fingerprint density at radius 1 is 1.31 bits per heavy atom. The van der Waals surface area contributed by atoms with Gasteiger partial charge in [0.15, 0.2) is 11.6 Å². The number of nitrogens with zero attached hydrogens (tertiary/aromatic N) is 3. The lowest BCUT2D eigenvalue weighted by molar-refractivity contribution is 0.596. The van der Waals surface area contributed by atoms with E-state index in [4.69, 9.17) is 0 Å². The second-order valence-electron chi connectivity index (χ2n) is 3.29. The van der Waals surface area contributed by atoms with Crippen LogP contribution >= 0.6 is 0 Å². The monoisotopic (exact) mass is 181 g/mol. The minimum atomic E-state index is -0.274. The maximum atomic E-state index is 13.5. The quantitative estimate of drug-likeness (QED) is 0.657. The van der Waals surface area contributed by atoms with Crippen LogP contribution in [-0.2, 0) is 0 Å². The summed E-state index contributed by atoms with van der Waals surface area (Å²) < 4.78 is 13.5. The molecule has 0 radical (unpaired) electrons. The number of hydrogen-bond donors (Lipinski definition) is 0. The Labute approximate surface area is 76.6 Å². The molecule has 0 N–H and O–H groups in total. The van der Waals surface area contributed by atoms with Gasteiger partial charge in [-0.25, -0.2) is 14.4 Å². The Morgan fingerprint density at radius 3 is 2.69 bits per heavy atom. The first-order valence-corrected chi connectivity index (χ1v) is 4.51. The Bertz CT molecular complexity index is 308. The van der Waals surface area contributed by atoms with Crippen LogP contribution in [0.2, 0.25) is 0 Å². The van der Waals surface area contributed by atoms with Gasteiger partial charge in [-0.2, -0.15) is 0 Å². The molecule has 1 aromatic rings. The summed E-state index contributed by atoms with van der Waals surface area (Å²) in [5.74, 6) is 0.189. The van der Waals surface area contributed by atoms with Crippen molar-refractivity contribution in [1.82, 2.24) is 9.97 Å². The summed E-state index contributed by atoms with van der Waals surface area (Å²) in [6.45, 7) is 3.48. The van der Waals surface area contributed by atoms with Crippen molar-refractivity contribution in [3.05, 3.63) is 17.8 Å². The predicted octanol–water partition coefficient (Wildman–Crippen LogP) is 1.52. The largest absolute Gasteiger partial charge is 0.354 e. The SMILES string of the molecule is Cc1ncnc(N2CCCC2)c1F. The van der Waals surface area contributed by atoms with Crippen molar-refractivity contribution in [2.24, 2.45) is 0 Å². The van der Waals surface area contributed by atoms with Crippen molar-refractivity contribution in [2.75, 3.05) is 18.0 Å². The van der Waals surface area contributed by atoms with Gasteiger partial charge in [0.05, 0.1) is 5.69 Å². The minimum absolute atomic E-state index is 0.274. The highest BCUT2D eigenvalue weighted by Gasteiger charge is 2.18. The molecule has 1 saturated heterocycles. The predicted molar refractivity (Wildman–Crippen MR) is 48.2 cm³/mol. The van der Waals surface area contributed by atoms with Gasteiger partial charge in [0.2, 0.25) is 0 Å². The van der Waals surface area contributed by atoms with Crippen molar-refractivity contribution >= 4 is 5.82 Å². The first-order valence-electron chi connectivity index (χ1n) is 4.51. The lowest BCUT2D eigenvalue weighted by atomic mass is 10.4. The van der Waals surface area contributed by atoms with Crippen molar-refractivity contribution in [1.29, 1.82) is 0 Å². The van der Waals surface area contributed by atoms with E-state index in [1.54, 1.807) is 6.92 Å². The van der Waals surface area contributed by atoms with Crippen LogP contribution in [0.4, 0.5) is 10.2 Å². The van der Waals surface area contributed by atoms with Gasteiger partial charge < -0.3 is 4.90 Å². The van der Waals surface area contributed by atoms with Gasteiger partial charge >= 0.3 is 0 Å². The lowest BCUT2D eigenvalue weighted by Crippen LogP contribution is -2.21. The second kappa shape index (κ2) is 3.28. The zero-order valence-electron chi connectivity index (χ0n) is 7.63. The summed E-state index contributed by atoms with van der Waals surface area (Å²) >= 11 is 0. The Kier molecular flexibility index (Phi) is 2.12. The van der Waals surface area contributed by atoms with Crippen molar-refractivity contribution < 1.29 is 4.39 Å². The maximum absolute atomic E-state index is 13.5. The number of anilines is 1. The molecule has 13 heavy (non-hydrogen) atoms. The molecule has 0 unspecified atom stereocenters. The summed E-state index contributed by atoms with van der Waals surface area (Å²) in [7, 11) is 0. The number of aromatic nitrogens is 2. The smallest absolute Gasteiger partial charge is 0.186 e. The summed E-state index contributed by atoms with van der Waals surface area (Å²) in [6, 6.07) is 0. The molecule has 3 nitrogen and oxygen atoms in total. The third-order valence-electron chi connectivity index (χ3n) is 2.35. The maximum Gasteiger partial charge on any atom is 0.186 e. The third kappa shape index (κ3) is 1.48. The molecule has 1 aliphatic heterocycles. The van der Waals surface area contributed by atoms with Gasteiger partial charge in [-0.3, -0.25) is 0 Å². The summed E-state index contributed by atoms with van der Waals surface area (Å²) in [4.78, 5) is 9.74. The average Bonchev–Trinajstić information content (AvgIpc) is 2.62. The van der Waals surface area contributed by atoms with E-state index in [-0.39, 0.29) is 5.82 Å². The molecule has 70 valence electrons. The molecule has 0 spiro atoms. The van der Waals surface area contributed by atoms with E-state index in [1.807, 2.05) is 4.90 Å². The highest BCUT2D eigenvalue weighted by molar-refractivity contribution is 5.41. The van der Waals surface area contributed by atoms with E-state index < -0.39 is 0 Å². The zero-order chi connectivity index (χ0) is 9.26. The molecule has 0 aliphatic carbocycles. The van der Waals surface area contributed by atoms with Gasteiger partial charge in [-0.1, -0.05) is 0 Å². The van der Waals surface area contributed by atoms with Crippen LogP contribution in [0, 0.1) is 12.7 Å². The molecule has 0 saturated carbocycles. The Balaban J connectivity index is 2.33. The fourth-order valence-electron chi connectivity index (χ4n) is 1.59. The number of halogens is 1. The van der Waals surface area contributed by atoms with Crippen LogP contribution in [0.1, 0.15) is 18.5 Å². The topological polar surface area (TPSA) is 29.0 Å². The highest BCUT2D eigenvalue weighted by Crippen LogP contribution is 2.21. The molecular formula is C9H12FN3. The first kappa shape index (κ1) is 8.41. The number of rotatable bonds is 1. The molecule has 2 heterocycles. The van der Waals surface area contributed by atoms with Gasteiger partial charge in [-0.15, -0.1) is 0 Å². The van der Waals surface area contributed by atoms with Crippen molar-refractivity contribution in [2.45, 2.75) is 19.8 Å². The second-order valence-corrected chi connectivity index (χ2v) is 3.29. The molecular weight excluding hydrogens is 169 g/mol. The first-order chi connectivity index (χ1) is 6.29. The highest BCUT2D eigenvalue weighted by atomic mass is 19.1. The molecule has 0 aromatic carbocycles. The van der Waals surface area contributed by atoms with Crippen LogP contribution < -0.4 is 4.90 Å². The van der Waals surface area contributed by atoms with Crippen LogP contribution in [-0.4, -0.2) is 23.1 Å². The summed E-state index contributed by atoms with van der Waals surface area (Å²) in [5.41, 5.74) is 0.428. The Morgan fingerprint density at radius 2 is 2.00 bits per heavy atom. The van der Waals surface area contributed by atoms with E-state index in [2.05, 4.69) is 9.97 Å². The molecule has 1 aromatic heterocycles. The Hall–Kier alpha value is -1.19. The fraction of sp³-hybridized carbons (Fsp3) is 0.556. The van der Waals surface area contributed by atoms with E-state index >= 15 is 0 Å². The number of aryl methyl sites for hydroxylation is 1. The van der Waals surface area contributed by atoms with E-state index in [1.165, 1.54) is 6.33 Å². The van der Waals surface area contributed by atoms with Crippen LogP contribution in [0.25, 0.3) is 0 Å². The van der Waals surface area contributed by atoms with Gasteiger partial charge in [0.25, 0.3) is 0 Å². The van der Waals surface area contributed by atoms with Crippen LogP contribution in [0.3, 0.4) is 0 Å². The average molecular weight is 181 g/mol. The number of hydrogen-bond acceptors (Lipinski definition) is 3. The molecule has 2 rings (SSSR count). The van der Waals surface area contributed by atoms with Crippen LogP contribution in [0.5, 0.6) is 0 Å².